The zero-order chi connectivity index (χ0) is 18.0. The number of esters is 1. The molecule has 3 N–H and O–H groups in total. The third kappa shape index (κ3) is 5.01. The van der Waals surface area contributed by atoms with Crippen molar-refractivity contribution in [1.29, 1.82) is 0 Å². The van der Waals surface area contributed by atoms with Crippen LogP contribution < -0.4 is 0 Å². The highest BCUT2D eigenvalue weighted by molar-refractivity contribution is 7.80. The van der Waals surface area contributed by atoms with Crippen LogP contribution in [0, 0.1) is 0 Å². The van der Waals surface area contributed by atoms with Gasteiger partial charge in [-0.25, -0.2) is 4.18 Å². The van der Waals surface area contributed by atoms with E-state index in [9.17, 15) is 13.2 Å². The van der Waals surface area contributed by atoms with Crippen molar-refractivity contribution in [3.8, 4) is 0 Å². The van der Waals surface area contributed by atoms with E-state index in [1.54, 1.807) is 30.3 Å². The minimum Gasteiger partial charge on any atom is -0.462 e. The Kier molecular flexibility index (Phi) is 6.75. The molecule has 26 heavy (non-hydrogen) atoms. The fraction of sp³-hybridized carbons (Fsp3) is 0.588. The smallest absolute Gasteiger partial charge is 0.397 e. The monoisotopic (exact) mass is 387 g/mol. The summed E-state index contributed by atoms with van der Waals surface area (Å²) in [5.41, 5.74) is 0.590. The first-order valence-electron chi connectivity index (χ1n) is 8.42. The van der Waals surface area contributed by atoms with Crippen LogP contribution in [0.15, 0.2) is 30.3 Å². The number of rotatable bonds is 6. The van der Waals surface area contributed by atoms with Crippen molar-refractivity contribution in [1.82, 2.24) is 4.90 Å². The van der Waals surface area contributed by atoms with Crippen LogP contribution in [0.2, 0.25) is 0 Å². The van der Waals surface area contributed by atoms with E-state index in [0.717, 1.165) is 25.7 Å². The molecule has 0 aromatic heterocycles. The van der Waals surface area contributed by atoms with Crippen molar-refractivity contribution in [3.63, 3.8) is 0 Å². The molecule has 9 heteroatoms. The Bertz CT molecular complexity index is 695. The molecular weight excluding hydrogens is 362 g/mol. The molecule has 0 amide bonds. The Hall–Kier alpha value is -1.52. The number of nitrogens with zero attached hydrogens (tertiary/aromatic N) is 1. The highest BCUT2D eigenvalue weighted by Crippen LogP contribution is 2.36. The van der Waals surface area contributed by atoms with Crippen LogP contribution in [0.5, 0.6) is 0 Å². The normalized spacial score (nSPS) is 26.8. The quantitative estimate of drug-likeness (QED) is 0.569. The molecule has 0 saturated carbocycles. The van der Waals surface area contributed by atoms with Crippen LogP contribution in [0.25, 0.3) is 0 Å². The van der Waals surface area contributed by atoms with E-state index in [4.69, 9.17) is 9.29 Å². The van der Waals surface area contributed by atoms with Gasteiger partial charge < -0.3 is 15.1 Å². The summed E-state index contributed by atoms with van der Waals surface area (Å²) in [4.78, 5) is 15.0. The molecule has 1 aromatic carbocycles. The van der Waals surface area contributed by atoms with Gasteiger partial charge in [0, 0.05) is 12.1 Å². The lowest BCUT2D eigenvalue weighted by Crippen LogP contribution is -2.44. The van der Waals surface area contributed by atoms with Gasteiger partial charge in [-0.2, -0.15) is 8.42 Å². The maximum absolute atomic E-state index is 12.7. The predicted molar refractivity (Wildman–Crippen MR) is 94.0 cm³/mol. The maximum Gasteiger partial charge on any atom is 0.397 e. The lowest BCUT2D eigenvalue weighted by Gasteiger charge is -2.36. The number of fused-ring (bicyclic) bond motifs is 2. The molecule has 146 valence electrons. The van der Waals surface area contributed by atoms with E-state index >= 15 is 0 Å². The zero-order valence-corrected chi connectivity index (χ0v) is 15.4. The standard InChI is InChI=1S/C17H23NO6S.H2O/c1-18-13-7-8-14(18)10-15(9-13)24-17(19)16(11-23-25(20,21)22)12-5-3-2-4-6-12;/h2-6,13-16H,7-11H2,1H3,(H,20,21,22);1H2/t13-,14+,15+,16?;. The largest absolute Gasteiger partial charge is 0.462 e. The molecule has 2 bridgehead atoms. The molecule has 0 spiro atoms. The van der Waals surface area contributed by atoms with Gasteiger partial charge >= 0.3 is 16.4 Å². The summed E-state index contributed by atoms with van der Waals surface area (Å²) in [6.45, 7) is -0.485. The van der Waals surface area contributed by atoms with Crippen molar-refractivity contribution in [2.75, 3.05) is 13.7 Å². The maximum atomic E-state index is 12.7. The van der Waals surface area contributed by atoms with Crippen LogP contribution in [-0.2, 0) is 24.1 Å². The third-order valence-corrected chi connectivity index (χ3v) is 5.64. The molecule has 0 aliphatic carbocycles. The van der Waals surface area contributed by atoms with Gasteiger partial charge in [0.05, 0.1) is 6.61 Å². The first-order valence-corrected chi connectivity index (χ1v) is 9.79. The molecule has 4 atom stereocenters. The molecule has 2 aliphatic rings. The van der Waals surface area contributed by atoms with Crippen LogP contribution in [0.4, 0.5) is 0 Å². The summed E-state index contributed by atoms with van der Waals surface area (Å²) in [6.07, 6.45) is 3.64. The SMILES string of the molecule is CN1[C@@H]2CC[C@H]1C[C@@H](OC(=O)C(COS(=O)(=O)O)c1ccccc1)C2.O. The molecule has 2 heterocycles. The molecule has 2 fully saturated rings. The molecule has 0 radical (unpaired) electrons. The number of carbonyl (C=O) groups is 1. The van der Waals surface area contributed by atoms with E-state index < -0.39 is 28.9 Å². The summed E-state index contributed by atoms with van der Waals surface area (Å²) in [7, 11) is -2.52. The summed E-state index contributed by atoms with van der Waals surface area (Å²) in [5, 5.41) is 0. The van der Waals surface area contributed by atoms with Crippen LogP contribution in [0.3, 0.4) is 0 Å². The van der Waals surface area contributed by atoms with Crippen molar-refractivity contribution >= 4 is 16.4 Å². The topological polar surface area (TPSA) is 125 Å². The number of hydrogen-bond acceptors (Lipinski definition) is 6. The van der Waals surface area contributed by atoms with Gasteiger partial charge in [0.1, 0.15) is 12.0 Å². The Morgan fingerprint density at radius 2 is 1.81 bits per heavy atom. The molecule has 8 nitrogen and oxygen atoms in total. The van der Waals surface area contributed by atoms with Crippen molar-refractivity contribution in [3.05, 3.63) is 35.9 Å². The molecule has 1 aromatic rings. The fourth-order valence-electron chi connectivity index (χ4n) is 3.84. The second-order valence-corrected chi connectivity index (χ2v) is 7.85. The van der Waals surface area contributed by atoms with Gasteiger partial charge in [-0.05, 0) is 38.3 Å². The minimum absolute atomic E-state index is 0. The predicted octanol–water partition coefficient (Wildman–Crippen LogP) is 0.933. The van der Waals surface area contributed by atoms with Gasteiger partial charge in [-0.3, -0.25) is 9.35 Å². The van der Waals surface area contributed by atoms with Gasteiger partial charge in [-0.1, -0.05) is 30.3 Å². The fourth-order valence-corrected chi connectivity index (χ4v) is 4.15. The Labute approximate surface area is 153 Å². The summed E-state index contributed by atoms with van der Waals surface area (Å²) >= 11 is 0. The number of piperidine rings is 1. The van der Waals surface area contributed by atoms with Gasteiger partial charge in [0.15, 0.2) is 0 Å². The van der Waals surface area contributed by atoms with Crippen LogP contribution >= 0.6 is 0 Å². The average Bonchev–Trinajstić information content (AvgIpc) is 2.77. The van der Waals surface area contributed by atoms with Crippen LogP contribution in [0.1, 0.15) is 37.2 Å². The molecule has 1 unspecified atom stereocenters. The van der Waals surface area contributed by atoms with Gasteiger partial charge in [0.25, 0.3) is 0 Å². The molecular formula is C17H25NO7S. The highest BCUT2D eigenvalue weighted by atomic mass is 32.3. The van der Waals surface area contributed by atoms with Gasteiger partial charge in [-0.15, -0.1) is 0 Å². The first kappa shape index (κ1) is 20.8. The van der Waals surface area contributed by atoms with Crippen LogP contribution in [-0.4, -0.2) is 61.2 Å². The molecule has 2 aliphatic heterocycles. The van der Waals surface area contributed by atoms with E-state index in [1.807, 2.05) is 0 Å². The minimum atomic E-state index is -4.62. The first-order chi connectivity index (χ1) is 11.8. The van der Waals surface area contributed by atoms with E-state index in [-0.39, 0.29) is 11.6 Å². The number of hydrogen-bond donors (Lipinski definition) is 1. The highest BCUT2D eigenvalue weighted by Gasteiger charge is 2.40. The Morgan fingerprint density at radius 1 is 1.23 bits per heavy atom. The number of ether oxygens (including phenoxy) is 1. The summed E-state index contributed by atoms with van der Waals surface area (Å²) in [6, 6.07) is 9.57. The van der Waals surface area contributed by atoms with Gasteiger partial charge in [0.2, 0.25) is 0 Å². The second-order valence-electron chi connectivity index (χ2n) is 6.76. The average molecular weight is 387 g/mol. The zero-order valence-electron chi connectivity index (χ0n) is 14.6. The van der Waals surface area contributed by atoms with Crippen molar-refractivity contribution < 1.29 is 32.2 Å². The van der Waals surface area contributed by atoms with Crippen molar-refractivity contribution in [2.24, 2.45) is 0 Å². The number of benzene rings is 1. The lowest BCUT2D eigenvalue weighted by atomic mass is 9.98. The van der Waals surface area contributed by atoms with Crippen molar-refractivity contribution in [2.45, 2.75) is 49.8 Å². The summed E-state index contributed by atoms with van der Waals surface area (Å²) in [5.74, 6) is -1.43. The Balaban J connectivity index is 0.00000243. The summed E-state index contributed by atoms with van der Waals surface area (Å²) < 4.78 is 40.7. The number of carbonyl (C=O) groups excluding carboxylic acids is 1. The molecule has 3 rings (SSSR count). The van der Waals surface area contributed by atoms with E-state index in [2.05, 4.69) is 16.1 Å². The Morgan fingerprint density at radius 3 is 2.35 bits per heavy atom. The van der Waals surface area contributed by atoms with E-state index in [0.29, 0.717) is 17.6 Å². The second kappa shape index (κ2) is 8.45. The van der Waals surface area contributed by atoms with E-state index in [1.165, 1.54) is 0 Å². The third-order valence-electron chi connectivity index (χ3n) is 5.21. The lowest BCUT2D eigenvalue weighted by molar-refractivity contribution is -0.155. The molecule has 2 saturated heterocycles.